The first-order valence-electron chi connectivity index (χ1n) is 13.7. The van der Waals surface area contributed by atoms with Gasteiger partial charge in [0.25, 0.3) is 0 Å². The monoisotopic (exact) mass is 639 g/mol. The fourth-order valence-electron chi connectivity index (χ4n) is 4.80. The number of rotatable bonds is 12. The summed E-state index contributed by atoms with van der Waals surface area (Å²) in [7, 11) is -3.20. The molecule has 2 aromatic heterocycles. The van der Waals surface area contributed by atoms with Crippen molar-refractivity contribution in [2.75, 3.05) is 30.4 Å². The molecule has 0 radical (unpaired) electrons. The summed E-state index contributed by atoms with van der Waals surface area (Å²) in [5.41, 5.74) is 3.02. The van der Waals surface area contributed by atoms with Gasteiger partial charge in [0.05, 0.1) is 22.3 Å². The number of benzene rings is 3. The number of fused-ring (bicyclic) bond motifs is 1. The summed E-state index contributed by atoms with van der Waals surface area (Å²) in [6.45, 7) is 5.71. The van der Waals surface area contributed by atoms with Gasteiger partial charge in [-0.15, -0.1) is 11.3 Å². The predicted molar refractivity (Wildman–Crippen MR) is 171 cm³/mol. The maximum Gasteiger partial charge on any atom is 0.149 e. The number of hydrogen-bond acceptors (Lipinski definition) is 9. The van der Waals surface area contributed by atoms with Gasteiger partial charge in [-0.1, -0.05) is 37.6 Å². The van der Waals surface area contributed by atoms with E-state index in [-0.39, 0.29) is 24.2 Å². The number of halogens is 2. The Labute approximate surface area is 259 Å². The summed E-state index contributed by atoms with van der Waals surface area (Å²) < 4.78 is 43.7. The first-order chi connectivity index (χ1) is 20.6. The van der Waals surface area contributed by atoms with Gasteiger partial charge in [0.2, 0.25) is 0 Å². The van der Waals surface area contributed by atoms with Crippen LogP contribution in [0, 0.1) is 5.82 Å². The van der Waals surface area contributed by atoms with Crippen LogP contribution in [0.1, 0.15) is 30.3 Å². The highest BCUT2D eigenvalue weighted by Gasteiger charge is 2.25. The van der Waals surface area contributed by atoms with Crippen LogP contribution in [0.5, 0.6) is 5.75 Å². The molecule has 0 spiro atoms. The van der Waals surface area contributed by atoms with Gasteiger partial charge < -0.3 is 10.1 Å². The average molecular weight is 640 g/mol. The molecule has 8 nitrogen and oxygen atoms in total. The smallest absolute Gasteiger partial charge is 0.149 e. The topological polar surface area (TPSA) is 97.3 Å². The van der Waals surface area contributed by atoms with Crippen molar-refractivity contribution in [1.29, 1.82) is 0 Å². The fourth-order valence-corrected chi connectivity index (χ4v) is 7.15. The van der Waals surface area contributed by atoms with Gasteiger partial charge in [-0.25, -0.2) is 27.8 Å². The average Bonchev–Trinajstić information content (AvgIpc) is 3.47. The third-order valence-electron chi connectivity index (χ3n) is 6.93. The minimum Gasteiger partial charge on any atom is -0.487 e. The Balaban J connectivity index is 1.38. The number of sulfone groups is 1. The highest BCUT2D eigenvalue weighted by molar-refractivity contribution is 7.90. The number of nitrogens with zero attached hydrogens (tertiary/aromatic N) is 4. The maximum atomic E-state index is 13.5. The van der Waals surface area contributed by atoms with Crippen LogP contribution >= 0.6 is 22.9 Å². The molecule has 1 atom stereocenters. The van der Waals surface area contributed by atoms with E-state index in [0.29, 0.717) is 27.8 Å². The van der Waals surface area contributed by atoms with Gasteiger partial charge >= 0.3 is 0 Å². The van der Waals surface area contributed by atoms with Gasteiger partial charge in [0, 0.05) is 34.0 Å². The molecule has 0 fully saturated rings. The lowest BCUT2D eigenvalue weighted by Gasteiger charge is -2.27. The van der Waals surface area contributed by atoms with Crippen LogP contribution in [0.2, 0.25) is 5.02 Å². The van der Waals surface area contributed by atoms with Gasteiger partial charge in [-0.3, -0.25) is 4.90 Å². The summed E-state index contributed by atoms with van der Waals surface area (Å²) in [6.07, 6.45) is 4.53. The van der Waals surface area contributed by atoms with Gasteiger partial charge in [0.15, 0.2) is 0 Å². The standard InChI is InChI=1S/C31H31ClFN5O3S2/c1-4-38(5-2)27(18-43(3,39)40)29-16-34-31(42-29)21-9-11-26-24(14-21)30(36-19-35-26)37-23-10-12-28(25(32)15-23)41-17-20-7-6-8-22(33)13-20/h6-16,19,27H,4-5,17-18H2,1-3H3,(H,35,36,37). The van der Waals surface area contributed by atoms with Crippen LogP contribution in [0.25, 0.3) is 21.5 Å². The first kappa shape index (κ1) is 30.8. The molecule has 1 N–H and O–H groups in total. The third-order valence-corrected chi connectivity index (χ3v) is 9.29. The van der Waals surface area contributed by atoms with Crippen molar-refractivity contribution in [3.63, 3.8) is 0 Å². The lowest BCUT2D eigenvalue weighted by molar-refractivity contribution is 0.239. The SMILES string of the molecule is CCN(CC)C(CS(C)(=O)=O)c1cnc(-c2ccc3ncnc(Nc4ccc(OCc5cccc(F)c5)c(Cl)c4)c3c2)s1. The maximum absolute atomic E-state index is 13.5. The van der Waals surface area contributed by atoms with Crippen LogP contribution in [-0.2, 0) is 16.4 Å². The zero-order chi connectivity index (χ0) is 30.6. The van der Waals surface area contributed by atoms with Crippen molar-refractivity contribution >= 4 is 55.2 Å². The van der Waals surface area contributed by atoms with Crippen LogP contribution in [-0.4, -0.2) is 53.4 Å². The Morgan fingerprint density at radius 3 is 2.58 bits per heavy atom. The number of anilines is 2. The molecule has 1 unspecified atom stereocenters. The molecule has 5 aromatic rings. The van der Waals surface area contributed by atoms with E-state index in [0.717, 1.165) is 39.4 Å². The van der Waals surface area contributed by atoms with Crippen molar-refractivity contribution in [2.45, 2.75) is 26.5 Å². The van der Waals surface area contributed by atoms with Crippen LogP contribution in [0.15, 0.2) is 73.2 Å². The number of ether oxygens (including phenoxy) is 1. The first-order valence-corrected chi connectivity index (χ1v) is 17.0. The van der Waals surface area contributed by atoms with Crippen molar-refractivity contribution in [2.24, 2.45) is 0 Å². The molecule has 0 saturated heterocycles. The van der Waals surface area contributed by atoms with Crippen LogP contribution < -0.4 is 10.1 Å². The van der Waals surface area contributed by atoms with E-state index < -0.39 is 9.84 Å². The van der Waals surface area contributed by atoms with E-state index in [4.69, 9.17) is 16.3 Å². The predicted octanol–water partition coefficient (Wildman–Crippen LogP) is 7.30. The molecule has 0 aliphatic carbocycles. The Morgan fingerprint density at radius 1 is 1.05 bits per heavy atom. The molecule has 5 rings (SSSR count). The number of aromatic nitrogens is 3. The Kier molecular flexibility index (Phi) is 9.55. The fraction of sp³-hybridized carbons (Fsp3) is 0.258. The molecule has 0 amide bonds. The second-order valence-corrected chi connectivity index (χ2v) is 13.7. The van der Waals surface area contributed by atoms with Crippen molar-refractivity contribution in [3.8, 4) is 16.3 Å². The molecular formula is C31H31ClFN5O3S2. The van der Waals surface area contributed by atoms with E-state index in [1.165, 1.54) is 36.1 Å². The Morgan fingerprint density at radius 2 is 1.86 bits per heavy atom. The van der Waals surface area contributed by atoms with E-state index in [1.54, 1.807) is 30.5 Å². The molecule has 43 heavy (non-hydrogen) atoms. The second-order valence-electron chi connectivity index (χ2n) is 10.0. The molecule has 0 saturated carbocycles. The van der Waals surface area contributed by atoms with Crippen molar-refractivity contribution < 1.29 is 17.5 Å². The lowest BCUT2D eigenvalue weighted by atomic mass is 10.1. The summed E-state index contributed by atoms with van der Waals surface area (Å²) in [4.78, 5) is 16.6. The molecule has 12 heteroatoms. The van der Waals surface area contributed by atoms with E-state index in [1.807, 2.05) is 38.1 Å². The summed E-state index contributed by atoms with van der Waals surface area (Å²) in [5, 5.41) is 5.28. The number of thiazole rings is 1. The minimum atomic E-state index is -3.20. The third kappa shape index (κ3) is 7.66. The zero-order valence-corrected chi connectivity index (χ0v) is 26.3. The zero-order valence-electron chi connectivity index (χ0n) is 23.9. The summed E-state index contributed by atoms with van der Waals surface area (Å²) in [6, 6.07) is 17.1. The summed E-state index contributed by atoms with van der Waals surface area (Å²) >= 11 is 8.00. The van der Waals surface area contributed by atoms with E-state index in [2.05, 4.69) is 25.2 Å². The van der Waals surface area contributed by atoms with Crippen molar-refractivity contribution in [1.82, 2.24) is 19.9 Å². The molecule has 0 bridgehead atoms. The van der Waals surface area contributed by atoms with Crippen molar-refractivity contribution in [3.05, 3.63) is 94.5 Å². The molecule has 0 aliphatic heterocycles. The largest absolute Gasteiger partial charge is 0.487 e. The number of hydrogen-bond donors (Lipinski definition) is 1. The quantitative estimate of drug-likeness (QED) is 0.152. The van der Waals surface area contributed by atoms with E-state index >= 15 is 0 Å². The highest BCUT2D eigenvalue weighted by atomic mass is 35.5. The minimum absolute atomic E-state index is 0.0349. The molecular weight excluding hydrogens is 609 g/mol. The van der Waals surface area contributed by atoms with Gasteiger partial charge in [-0.05, 0) is 67.2 Å². The molecule has 0 aliphatic rings. The van der Waals surface area contributed by atoms with Gasteiger partial charge in [-0.2, -0.15) is 0 Å². The van der Waals surface area contributed by atoms with Gasteiger partial charge in [0.1, 0.15) is 45.2 Å². The van der Waals surface area contributed by atoms with Crippen LogP contribution in [0.3, 0.4) is 0 Å². The summed E-state index contributed by atoms with van der Waals surface area (Å²) in [5.74, 6) is 0.779. The Hall–Kier alpha value is -3.64. The molecule has 224 valence electrons. The molecule has 2 heterocycles. The van der Waals surface area contributed by atoms with Crippen LogP contribution in [0.4, 0.5) is 15.9 Å². The normalized spacial score (nSPS) is 12.5. The lowest BCUT2D eigenvalue weighted by Crippen LogP contribution is -2.32. The Bertz CT molecular complexity index is 1850. The molecule has 3 aromatic carbocycles. The van der Waals surface area contributed by atoms with E-state index in [9.17, 15) is 12.8 Å². The number of nitrogens with one attached hydrogen (secondary N) is 1. The highest BCUT2D eigenvalue weighted by Crippen LogP contribution is 2.35. The second kappa shape index (κ2) is 13.3.